The molecular weight excluding hydrogens is 358 g/mol. The predicted octanol–water partition coefficient (Wildman–Crippen LogP) is 5.31. The highest BCUT2D eigenvalue weighted by atomic mass is 35.5. The van der Waals surface area contributed by atoms with E-state index in [0.717, 1.165) is 39.4 Å². The third kappa shape index (κ3) is 2.44. The van der Waals surface area contributed by atoms with Gasteiger partial charge in [0, 0.05) is 33.4 Å². The average Bonchev–Trinajstić information content (AvgIpc) is 3.03. The molecule has 27 heavy (non-hydrogen) atoms. The molecule has 0 radical (unpaired) electrons. The first-order valence-corrected chi connectivity index (χ1v) is 9.44. The lowest BCUT2D eigenvalue weighted by Crippen LogP contribution is -2.13. The number of aromatic nitrogens is 2. The summed E-state index contributed by atoms with van der Waals surface area (Å²) in [6.45, 7) is 5.24. The van der Waals surface area contributed by atoms with Gasteiger partial charge in [0.15, 0.2) is 0 Å². The molecule has 1 N–H and O–H groups in total. The Morgan fingerprint density at radius 2 is 1.96 bits per heavy atom. The lowest BCUT2D eigenvalue weighted by atomic mass is 10.0. The van der Waals surface area contributed by atoms with Crippen LogP contribution in [0.15, 0.2) is 53.3 Å². The lowest BCUT2D eigenvalue weighted by Gasteiger charge is -2.13. The summed E-state index contributed by atoms with van der Waals surface area (Å²) < 4.78 is 1.69. The minimum atomic E-state index is -0.0595. The van der Waals surface area contributed by atoms with E-state index in [9.17, 15) is 4.79 Å². The Bertz CT molecular complexity index is 1390. The molecule has 0 fully saturated rings. The van der Waals surface area contributed by atoms with E-state index in [-0.39, 0.29) is 5.56 Å². The van der Waals surface area contributed by atoms with Gasteiger partial charge < -0.3 is 5.32 Å². The van der Waals surface area contributed by atoms with Gasteiger partial charge in [0.25, 0.3) is 5.56 Å². The van der Waals surface area contributed by atoms with Gasteiger partial charge in [-0.2, -0.15) is 0 Å². The van der Waals surface area contributed by atoms with Gasteiger partial charge in [0.2, 0.25) is 0 Å². The number of rotatable bonds is 3. The van der Waals surface area contributed by atoms with Gasteiger partial charge >= 0.3 is 0 Å². The van der Waals surface area contributed by atoms with E-state index < -0.39 is 0 Å². The smallest absolute Gasteiger partial charge is 0.264 e. The number of hydrogen-bond acceptors (Lipinski definition) is 3. The van der Waals surface area contributed by atoms with Gasteiger partial charge in [0.05, 0.1) is 11.0 Å². The second-order valence-electron chi connectivity index (χ2n) is 7.41. The van der Waals surface area contributed by atoms with Crippen LogP contribution in [0.25, 0.3) is 38.2 Å². The zero-order valence-corrected chi connectivity index (χ0v) is 15.8. The van der Waals surface area contributed by atoms with Gasteiger partial charge in [-0.15, -0.1) is 0 Å². The predicted molar refractivity (Wildman–Crippen MR) is 114 cm³/mol. The van der Waals surface area contributed by atoms with Crippen LogP contribution in [0.1, 0.15) is 13.8 Å². The van der Waals surface area contributed by atoms with Gasteiger partial charge in [-0.25, -0.2) is 4.98 Å². The summed E-state index contributed by atoms with van der Waals surface area (Å²) in [5.41, 5.74) is 3.16. The highest BCUT2D eigenvalue weighted by Crippen LogP contribution is 2.32. The first kappa shape index (κ1) is 16.3. The molecule has 0 aliphatic carbocycles. The monoisotopic (exact) mass is 375 g/mol. The molecule has 0 saturated carbocycles. The van der Waals surface area contributed by atoms with Crippen molar-refractivity contribution in [3.05, 3.63) is 63.9 Å². The van der Waals surface area contributed by atoms with E-state index in [1.165, 1.54) is 0 Å². The number of imidazole rings is 1. The van der Waals surface area contributed by atoms with Gasteiger partial charge in [-0.1, -0.05) is 37.6 Å². The standard InChI is InChI=1S/C22H18ClN3O/c1-12(2)11-24-15-8-13-4-3-5-16-20(13)17(10-15)21-25-18-7-6-14(23)9-19(18)26(21)22(16)27/h3-10,12,24H,11H2,1-2H3. The van der Waals surface area contributed by atoms with Crippen LogP contribution < -0.4 is 10.9 Å². The Morgan fingerprint density at radius 1 is 1.11 bits per heavy atom. The second-order valence-corrected chi connectivity index (χ2v) is 7.85. The van der Waals surface area contributed by atoms with Crippen LogP contribution in [0.4, 0.5) is 5.69 Å². The molecule has 5 heteroatoms. The van der Waals surface area contributed by atoms with Crippen molar-refractivity contribution in [3.63, 3.8) is 0 Å². The van der Waals surface area contributed by atoms with Crippen LogP contribution in [-0.4, -0.2) is 15.9 Å². The number of benzene rings is 3. The molecule has 5 rings (SSSR count). The molecule has 134 valence electrons. The van der Waals surface area contributed by atoms with Crippen LogP contribution in [0.3, 0.4) is 0 Å². The summed E-state index contributed by atoms with van der Waals surface area (Å²) >= 11 is 6.18. The van der Waals surface area contributed by atoms with Crippen LogP contribution in [0.5, 0.6) is 0 Å². The molecule has 0 saturated heterocycles. The fourth-order valence-corrected chi connectivity index (χ4v) is 3.93. The fraction of sp³-hybridized carbons (Fsp3) is 0.182. The molecule has 0 bridgehead atoms. The second kappa shape index (κ2) is 5.83. The molecule has 0 atom stereocenters. The average molecular weight is 376 g/mol. The maximum absolute atomic E-state index is 13.2. The molecule has 0 amide bonds. The summed E-state index contributed by atoms with van der Waals surface area (Å²) in [4.78, 5) is 18.0. The minimum absolute atomic E-state index is 0.0595. The molecule has 0 aliphatic rings. The lowest BCUT2D eigenvalue weighted by molar-refractivity contribution is 0.689. The number of fused-ring (bicyclic) bond motifs is 4. The number of nitrogens with zero attached hydrogens (tertiary/aromatic N) is 2. The number of nitrogens with one attached hydrogen (secondary N) is 1. The summed E-state index contributed by atoms with van der Waals surface area (Å²) in [5.74, 6) is 0.539. The number of halogens is 1. The minimum Gasteiger partial charge on any atom is -0.385 e. The Kier molecular flexibility index (Phi) is 3.52. The maximum atomic E-state index is 13.2. The van der Waals surface area contributed by atoms with Crippen molar-refractivity contribution < 1.29 is 0 Å². The fourth-order valence-electron chi connectivity index (χ4n) is 3.76. The van der Waals surface area contributed by atoms with Crippen LogP contribution >= 0.6 is 11.6 Å². The molecule has 2 aromatic heterocycles. The van der Waals surface area contributed by atoms with Crippen molar-refractivity contribution >= 4 is 55.5 Å². The van der Waals surface area contributed by atoms with Crippen LogP contribution in [0, 0.1) is 5.92 Å². The summed E-state index contributed by atoms with van der Waals surface area (Å²) in [6.07, 6.45) is 0. The van der Waals surface area contributed by atoms with E-state index in [2.05, 4.69) is 31.3 Å². The first-order valence-electron chi connectivity index (χ1n) is 9.06. The zero-order chi connectivity index (χ0) is 18.7. The van der Waals surface area contributed by atoms with Crippen LogP contribution in [0.2, 0.25) is 5.02 Å². The van der Waals surface area contributed by atoms with Crippen LogP contribution in [-0.2, 0) is 0 Å². The van der Waals surface area contributed by atoms with E-state index in [4.69, 9.17) is 16.6 Å². The molecular formula is C22H18ClN3O. The Morgan fingerprint density at radius 3 is 2.78 bits per heavy atom. The highest BCUT2D eigenvalue weighted by Gasteiger charge is 2.17. The van der Waals surface area contributed by atoms with Crippen molar-refractivity contribution in [2.24, 2.45) is 5.92 Å². The molecule has 5 aromatic rings. The SMILES string of the molecule is CC(C)CNc1cc2cccc3c(=O)n4c5cc(Cl)ccc5nc4c(c1)c23. The highest BCUT2D eigenvalue weighted by molar-refractivity contribution is 6.31. The van der Waals surface area contributed by atoms with Gasteiger partial charge in [-0.3, -0.25) is 9.20 Å². The third-order valence-electron chi connectivity index (χ3n) is 4.98. The van der Waals surface area contributed by atoms with Crippen molar-refractivity contribution in [2.75, 3.05) is 11.9 Å². The largest absolute Gasteiger partial charge is 0.385 e. The molecule has 0 unspecified atom stereocenters. The van der Waals surface area contributed by atoms with Crippen molar-refractivity contribution in [1.29, 1.82) is 0 Å². The summed E-state index contributed by atoms with van der Waals surface area (Å²) in [5, 5.41) is 7.77. The number of hydrogen-bond donors (Lipinski definition) is 1. The van der Waals surface area contributed by atoms with Crippen molar-refractivity contribution in [1.82, 2.24) is 9.38 Å². The Hall–Kier alpha value is -2.85. The third-order valence-corrected chi connectivity index (χ3v) is 5.22. The van der Waals surface area contributed by atoms with E-state index in [0.29, 0.717) is 22.0 Å². The molecule has 2 heterocycles. The van der Waals surface area contributed by atoms with Crippen molar-refractivity contribution in [3.8, 4) is 0 Å². The Balaban J connectivity index is 1.96. The van der Waals surface area contributed by atoms with Crippen molar-refractivity contribution in [2.45, 2.75) is 13.8 Å². The zero-order valence-electron chi connectivity index (χ0n) is 15.1. The maximum Gasteiger partial charge on any atom is 0.264 e. The summed E-state index contributed by atoms with van der Waals surface area (Å²) in [6, 6.07) is 15.5. The van der Waals surface area contributed by atoms with E-state index in [1.807, 2.05) is 24.3 Å². The molecule has 3 aromatic carbocycles. The van der Waals surface area contributed by atoms with E-state index >= 15 is 0 Å². The van der Waals surface area contributed by atoms with Gasteiger partial charge in [-0.05, 0) is 47.7 Å². The molecule has 0 aliphatic heterocycles. The normalized spacial score (nSPS) is 12.1. The molecule has 4 nitrogen and oxygen atoms in total. The van der Waals surface area contributed by atoms with Gasteiger partial charge in [0.1, 0.15) is 5.65 Å². The first-order chi connectivity index (χ1) is 13.0. The quantitative estimate of drug-likeness (QED) is 0.464. The number of pyridine rings is 1. The number of anilines is 1. The van der Waals surface area contributed by atoms with E-state index in [1.54, 1.807) is 16.5 Å². The Labute approximate surface area is 160 Å². The topological polar surface area (TPSA) is 46.4 Å². The summed E-state index contributed by atoms with van der Waals surface area (Å²) in [7, 11) is 0. The molecule has 0 spiro atoms.